The lowest BCUT2D eigenvalue weighted by molar-refractivity contribution is -0.119. The lowest BCUT2D eigenvalue weighted by Crippen LogP contribution is -2.30. The quantitative estimate of drug-likeness (QED) is 0.544. The highest BCUT2D eigenvalue weighted by molar-refractivity contribution is 6.28. The highest BCUT2D eigenvalue weighted by atomic mass is 16.2. The van der Waals surface area contributed by atoms with E-state index in [0.29, 0.717) is 5.69 Å². The molecule has 132 valence electrons. The predicted molar refractivity (Wildman–Crippen MR) is 103 cm³/mol. The van der Waals surface area contributed by atoms with Crippen LogP contribution in [-0.2, 0) is 15.0 Å². The molecule has 3 heteroatoms. The largest absolute Gasteiger partial charge is 0.269 e. The van der Waals surface area contributed by atoms with Gasteiger partial charge < -0.3 is 0 Å². The molecule has 0 saturated carbocycles. The van der Waals surface area contributed by atoms with Crippen LogP contribution in [0.15, 0.2) is 60.7 Å². The number of hydrogen-bond acceptors (Lipinski definition) is 2. The lowest BCUT2D eigenvalue weighted by Gasteiger charge is -2.36. The van der Waals surface area contributed by atoms with Crippen molar-refractivity contribution in [1.82, 2.24) is 0 Å². The SMILES string of the molecule is C=C/C=C(\C)C(C)(C)CC(C)(C)c1ccc(N2C(=O)C=CC2=O)cc1. The molecule has 0 aromatic heterocycles. The zero-order valence-electron chi connectivity index (χ0n) is 15.8. The van der Waals surface area contributed by atoms with Gasteiger partial charge in [0.15, 0.2) is 0 Å². The molecule has 1 aromatic carbocycles. The Hall–Kier alpha value is -2.42. The number of carbonyl (C=O) groups is 2. The molecule has 0 aliphatic carbocycles. The molecule has 1 heterocycles. The third-order valence-electron chi connectivity index (χ3n) is 5.04. The molecule has 0 atom stereocenters. The van der Waals surface area contributed by atoms with Crippen molar-refractivity contribution in [2.24, 2.45) is 5.41 Å². The van der Waals surface area contributed by atoms with Crippen molar-refractivity contribution >= 4 is 17.5 Å². The van der Waals surface area contributed by atoms with Gasteiger partial charge in [0.1, 0.15) is 0 Å². The van der Waals surface area contributed by atoms with Crippen LogP contribution >= 0.6 is 0 Å². The first-order chi connectivity index (χ1) is 11.6. The van der Waals surface area contributed by atoms with Crippen LogP contribution in [0.1, 0.15) is 46.6 Å². The normalized spacial score (nSPS) is 15.9. The van der Waals surface area contributed by atoms with Crippen LogP contribution in [0, 0.1) is 5.41 Å². The second-order valence-electron chi connectivity index (χ2n) is 7.92. The number of carbonyl (C=O) groups excluding carboxylic acids is 2. The Morgan fingerprint density at radius 2 is 1.56 bits per heavy atom. The highest BCUT2D eigenvalue weighted by Gasteiger charge is 2.32. The molecule has 3 nitrogen and oxygen atoms in total. The van der Waals surface area contributed by atoms with Gasteiger partial charge in [-0.25, -0.2) is 4.90 Å². The van der Waals surface area contributed by atoms with E-state index in [1.807, 2.05) is 30.3 Å². The third kappa shape index (κ3) is 3.98. The summed E-state index contributed by atoms with van der Waals surface area (Å²) in [6.07, 6.45) is 7.47. The first-order valence-corrected chi connectivity index (χ1v) is 8.55. The fraction of sp³-hybridized carbons (Fsp3) is 0.364. The number of rotatable bonds is 6. The van der Waals surface area contributed by atoms with E-state index in [1.54, 1.807) is 0 Å². The van der Waals surface area contributed by atoms with E-state index >= 15 is 0 Å². The number of imide groups is 1. The van der Waals surface area contributed by atoms with Gasteiger partial charge in [0.2, 0.25) is 0 Å². The van der Waals surface area contributed by atoms with Crippen LogP contribution in [0.25, 0.3) is 0 Å². The van der Waals surface area contributed by atoms with Gasteiger partial charge in [-0.05, 0) is 41.9 Å². The fourth-order valence-electron chi connectivity index (χ4n) is 3.47. The summed E-state index contributed by atoms with van der Waals surface area (Å²) in [5.41, 5.74) is 3.09. The van der Waals surface area contributed by atoms with Gasteiger partial charge in [-0.2, -0.15) is 0 Å². The number of benzene rings is 1. The van der Waals surface area contributed by atoms with Crippen molar-refractivity contribution in [3.63, 3.8) is 0 Å². The fourth-order valence-corrected chi connectivity index (χ4v) is 3.47. The third-order valence-corrected chi connectivity index (χ3v) is 5.04. The second kappa shape index (κ2) is 6.83. The summed E-state index contributed by atoms with van der Waals surface area (Å²) in [4.78, 5) is 24.8. The van der Waals surface area contributed by atoms with Crippen molar-refractivity contribution in [1.29, 1.82) is 0 Å². The predicted octanol–water partition coefficient (Wildman–Crippen LogP) is 4.94. The van der Waals surface area contributed by atoms with Gasteiger partial charge in [-0.15, -0.1) is 0 Å². The monoisotopic (exact) mass is 337 g/mol. The van der Waals surface area contributed by atoms with Gasteiger partial charge in [0.05, 0.1) is 5.69 Å². The first-order valence-electron chi connectivity index (χ1n) is 8.55. The van der Waals surface area contributed by atoms with Crippen LogP contribution < -0.4 is 4.90 Å². The molecule has 0 spiro atoms. The van der Waals surface area contributed by atoms with E-state index in [0.717, 1.165) is 6.42 Å². The Kier molecular flexibility index (Phi) is 5.17. The smallest absolute Gasteiger partial charge is 0.258 e. The maximum Gasteiger partial charge on any atom is 0.258 e. The number of nitrogens with zero attached hydrogens (tertiary/aromatic N) is 1. The summed E-state index contributed by atoms with van der Waals surface area (Å²) < 4.78 is 0. The van der Waals surface area contributed by atoms with Crippen molar-refractivity contribution in [2.75, 3.05) is 4.90 Å². The topological polar surface area (TPSA) is 37.4 Å². The van der Waals surface area contributed by atoms with Crippen LogP contribution in [0.2, 0.25) is 0 Å². The zero-order valence-corrected chi connectivity index (χ0v) is 15.8. The van der Waals surface area contributed by atoms with E-state index < -0.39 is 0 Å². The van der Waals surface area contributed by atoms with Crippen molar-refractivity contribution in [2.45, 2.75) is 46.5 Å². The summed E-state index contributed by atoms with van der Waals surface area (Å²) in [6, 6.07) is 7.71. The average Bonchev–Trinajstić information content (AvgIpc) is 2.85. The van der Waals surface area contributed by atoms with Gasteiger partial charge in [-0.3, -0.25) is 9.59 Å². The van der Waals surface area contributed by atoms with Crippen molar-refractivity contribution < 1.29 is 9.59 Å². The molecule has 1 aliphatic heterocycles. The highest BCUT2D eigenvalue weighted by Crippen LogP contribution is 2.41. The molecule has 0 radical (unpaired) electrons. The first kappa shape index (κ1) is 18.9. The Morgan fingerprint density at radius 1 is 1.04 bits per heavy atom. The Balaban J connectivity index is 2.23. The van der Waals surface area contributed by atoms with Crippen molar-refractivity contribution in [3.05, 3.63) is 66.3 Å². The molecule has 25 heavy (non-hydrogen) atoms. The summed E-state index contributed by atoms with van der Waals surface area (Å²) in [5, 5.41) is 0. The molecule has 0 N–H and O–H groups in total. The van der Waals surface area contributed by atoms with Gasteiger partial charge in [-0.1, -0.05) is 64.1 Å². The minimum Gasteiger partial charge on any atom is -0.269 e. The van der Waals surface area contributed by atoms with Gasteiger partial charge in [0, 0.05) is 12.2 Å². The summed E-state index contributed by atoms with van der Waals surface area (Å²) >= 11 is 0. The Labute approximate surface area is 150 Å². The van der Waals surface area contributed by atoms with E-state index in [1.165, 1.54) is 28.2 Å². The lowest BCUT2D eigenvalue weighted by atomic mass is 9.68. The molecule has 0 bridgehead atoms. The number of hydrogen-bond donors (Lipinski definition) is 0. The van der Waals surface area contributed by atoms with E-state index in [-0.39, 0.29) is 22.6 Å². The standard InChI is InChI=1S/C22H27NO2/c1-7-8-16(2)21(3,4)15-22(5,6)17-9-11-18(12-10-17)23-19(24)13-14-20(23)25/h7-14H,1,15H2,2-6H3/b16-8+. The van der Waals surface area contributed by atoms with E-state index in [9.17, 15) is 9.59 Å². The number of amides is 2. The van der Waals surface area contributed by atoms with Crippen LogP contribution in [0.4, 0.5) is 5.69 Å². The number of anilines is 1. The maximum absolute atomic E-state index is 11.8. The Morgan fingerprint density at radius 3 is 2.04 bits per heavy atom. The second-order valence-corrected chi connectivity index (χ2v) is 7.92. The molecular formula is C22H27NO2. The maximum atomic E-state index is 11.8. The van der Waals surface area contributed by atoms with Gasteiger partial charge >= 0.3 is 0 Å². The number of allylic oxidation sites excluding steroid dienone is 3. The molecule has 2 amide bonds. The summed E-state index contributed by atoms with van der Waals surface area (Å²) in [5.74, 6) is -0.577. The Bertz CT molecular complexity index is 731. The van der Waals surface area contributed by atoms with Crippen LogP contribution in [0.3, 0.4) is 0 Å². The van der Waals surface area contributed by atoms with Gasteiger partial charge in [0.25, 0.3) is 11.8 Å². The molecule has 0 unspecified atom stereocenters. The molecule has 0 fully saturated rings. The minimum atomic E-state index is -0.289. The van der Waals surface area contributed by atoms with E-state index in [4.69, 9.17) is 0 Å². The van der Waals surface area contributed by atoms with E-state index in [2.05, 4.69) is 47.3 Å². The van der Waals surface area contributed by atoms with Crippen molar-refractivity contribution in [3.8, 4) is 0 Å². The summed E-state index contributed by atoms with van der Waals surface area (Å²) in [7, 11) is 0. The molecule has 1 aromatic rings. The minimum absolute atomic E-state index is 0.0428. The zero-order chi connectivity index (χ0) is 18.8. The molecule has 1 aliphatic rings. The van der Waals surface area contributed by atoms with Crippen LogP contribution in [0.5, 0.6) is 0 Å². The summed E-state index contributed by atoms with van der Waals surface area (Å²) in [6.45, 7) is 14.8. The molecule has 0 saturated heterocycles. The average molecular weight is 337 g/mol. The molecular weight excluding hydrogens is 310 g/mol. The van der Waals surface area contributed by atoms with Crippen LogP contribution in [-0.4, -0.2) is 11.8 Å². The molecule has 2 rings (SSSR count).